The van der Waals surface area contributed by atoms with E-state index in [0.717, 1.165) is 18.0 Å². The minimum atomic E-state index is -5.17. The third-order valence-corrected chi connectivity index (χ3v) is 7.16. The minimum absolute atomic E-state index is 0.0124. The van der Waals surface area contributed by atoms with Gasteiger partial charge in [0.05, 0.1) is 23.7 Å². The molecule has 2 aromatic rings. The summed E-state index contributed by atoms with van der Waals surface area (Å²) in [6.07, 6.45) is -10.4. The Kier molecular flexibility index (Phi) is 11.4. The molecule has 1 aliphatic rings. The zero-order valence-electron chi connectivity index (χ0n) is 24.8. The lowest BCUT2D eigenvalue weighted by molar-refractivity contribution is -0.143. The first-order chi connectivity index (χ1) is 21.4. The van der Waals surface area contributed by atoms with Gasteiger partial charge in [-0.25, -0.2) is 14.0 Å². The second-order valence-electron chi connectivity index (χ2n) is 10.4. The minimum Gasteiger partial charge on any atom is -0.464 e. The van der Waals surface area contributed by atoms with E-state index in [4.69, 9.17) is 9.47 Å². The zero-order chi connectivity index (χ0) is 34.4. The first kappa shape index (κ1) is 35.8. The second-order valence-corrected chi connectivity index (χ2v) is 10.4. The van der Waals surface area contributed by atoms with Crippen LogP contribution in [0.4, 0.5) is 40.3 Å². The molecule has 2 N–H and O–H groups in total. The Balaban J connectivity index is 1.94. The summed E-state index contributed by atoms with van der Waals surface area (Å²) >= 11 is 0. The fourth-order valence-electron chi connectivity index (χ4n) is 5.03. The van der Waals surface area contributed by atoms with Crippen molar-refractivity contribution in [1.29, 1.82) is 0 Å². The molecule has 3 amide bonds. The van der Waals surface area contributed by atoms with E-state index in [1.54, 1.807) is 6.92 Å². The summed E-state index contributed by atoms with van der Waals surface area (Å²) in [7, 11) is 1.10. The highest BCUT2D eigenvalue weighted by Gasteiger charge is 2.40. The number of ether oxygens (including phenoxy) is 2. The number of benzene rings is 2. The van der Waals surface area contributed by atoms with Crippen LogP contribution in [0.1, 0.15) is 59.7 Å². The van der Waals surface area contributed by atoms with Crippen molar-refractivity contribution in [3.05, 3.63) is 70.0 Å². The van der Waals surface area contributed by atoms with Crippen molar-refractivity contribution in [3.8, 4) is 12.0 Å². The molecule has 0 spiro atoms. The van der Waals surface area contributed by atoms with Crippen molar-refractivity contribution >= 4 is 18.1 Å². The predicted octanol–water partition coefficient (Wildman–Crippen LogP) is 6.09. The van der Waals surface area contributed by atoms with Gasteiger partial charge in [-0.3, -0.25) is 4.79 Å². The number of nitrogens with zero attached hydrogens (tertiary/aromatic N) is 2. The molecule has 1 fully saturated rings. The molecule has 1 heterocycles. The summed E-state index contributed by atoms with van der Waals surface area (Å²) < 4.78 is 106. The van der Waals surface area contributed by atoms with Crippen molar-refractivity contribution in [1.82, 2.24) is 15.1 Å². The largest absolute Gasteiger partial charge is 0.464 e. The van der Waals surface area contributed by atoms with Crippen LogP contribution in [0.5, 0.6) is 0 Å². The number of carbonyl (C=O) groups excluding carboxylic acids is 3. The molecular weight excluding hydrogens is 631 g/mol. The highest BCUT2D eigenvalue weighted by atomic mass is 19.4. The Morgan fingerprint density at radius 1 is 1.09 bits per heavy atom. The molecule has 3 rings (SSSR count). The third kappa shape index (κ3) is 9.18. The Morgan fingerprint density at radius 3 is 2.26 bits per heavy atom. The number of alkyl halides is 6. The number of carbonyl (C=O) groups is 3. The first-order valence-corrected chi connectivity index (χ1v) is 13.7. The molecule has 1 unspecified atom stereocenters. The average Bonchev–Trinajstić information content (AvgIpc) is 2.96. The summed E-state index contributed by atoms with van der Waals surface area (Å²) in [5.74, 6) is 0.987. The predicted molar refractivity (Wildman–Crippen MR) is 147 cm³/mol. The Hall–Kier alpha value is -4.68. The Bertz CT molecular complexity index is 1470. The standard InChI is InChI=1S/C30H30F7N3O6/c1-17-12-22(31)4-5-24(17)26-16-23(46-27(43)38-8-11-45-18(2)42)6-9-40(26)28(44)39(3)25(7-10-41)19-13-20(29(32,33)34)15-21(14-19)30(35,36)37/h4-5,12-15,23,25-26,41H,6,8-9,11,16H2,1-3H3,(H,38,43)/t23-,25?,26+/m0/s1. The van der Waals surface area contributed by atoms with Crippen LogP contribution in [0.25, 0.3) is 0 Å². The van der Waals surface area contributed by atoms with E-state index in [9.17, 15) is 50.2 Å². The molecule has 9 nitrogen and oxygen atoms in total. The molecule has 0 aromatic heterocycles. The van der Waals surface area contributed by atoms with E-state index in [-0.39, 0.29) is 38.6 Å². The maximum Gasteiger partial charge on any atom is 0.416 e. The fourth-order valence-corrected chi connectivity index (χ4v) is 5.03. The summed E-state index contributed by atoms with van der Waals surface area (Å²) in [4.78, 5) is 39.2. The van der Waals surface area contributed by atoms with Gasteiger partial charge < -0.3 is 29.7 Å². The molecule has 0 bridgehead atoms. The smallest absolute Gasteiger partial charge is 0.416 e. The maximum absolute atomic E-state index is 14.0. The fraction of sp³-hybridized carbons (Fsp3) is 0.433. The first-order valence-electron chi connectivity index (χ1n) is 13.7. The number of halogens is 7. The number of piperidine rings is 1. The van der Waals surface area contributed by atoms with Crippen molar-refractivity contribution in [2.75, 3.05) is 26.7 Å². The van der Waals surface area contributed by atoms with Gasteiger partial charge in [0.1, 0.15) is 30.7 Å². The van der Waals surface area contributed by atoms with Crippen LogP contribution in [0.2, 0.25) is 0 Å². The summed E-state index contributed by atoms with van der Waals surface area (Å²) in [5.41, 5.74) is -3.07. The van der Waals surface area contributed by atoms with E-state index in [1.807, 2.05) is 0 Å². The normalized spacial score (nSPS) is 17.3. The number of hydrogen-bond acceptors (Lipinski definition) is 6. The van der Waals surface area contributed by atoms with Crippen LogP contribution in [0.15, 0.2) is 36.4 Å². The van der Waals surface area contributed by atoms with Gasteiger partial charge in [0, 0.05) is 33.4 Å². The molecule has 2 aromatic carbocycles. The van der Waals surface area contributed by atoms with Crippen LogP contribution in [-0.4, -0.2) is 65.8 Å². The molecule has 0 radical (unpaired) electrons. The van der Waals surface area contributed by atoms with E-state index in [1.165, 1.54) is 30.1 Å². The third-order valence-electron chi connectivity index (χ3n) is 7.16. The van der Waals surface area contributed by atoms with Gasteiger partial charge in [-0.15, -0.1) is 0 Å². The number of aliphatic hydroxyl groups excluding tert-OH is 1. The quantitative estimate of drug-likeness (QED) is 0.161. The van der Waals surface area contributed by atoms with Crippen LogP contribution in [-0.2, 0) is 26.6 Å². The lowest BCUT2D eigenvalue weighted by atomic mass is 9.90. The van der Waals surface area contributed by atoms with Crippen molar-refractivity contribution in [2.24, 2.45) is 0 Å². The lowest BCUT2D eigenvalue weighted by Crippen LogP contribution is -2.49. The van der Waals surface area contributed by atoms with Gasteiger partial charge >= 0.3 is 30.4 Å². The average molecular weight is 662 g/mol. The van der Waals surface area contributed by atoms with Crippen LogP contribution < -0.4 is 5.32 Å². The molecule has 1 saturated heterocycles. The van der Waals surface area contributed by atoms with Gasteiger partial charge in [-0.1, -0.05) is 6.07 Å². The number of rotatable bonds is 7. The van der Waals surface area contributed by atoms with Gasteiger partial charge in [-0.2, -0.15) is 26.3 Å². The second kappa shape index (κ2) is 14.6. The molecule has 3 atom stereocenters. The van der Waals surface area contributed by atoms with Gasteiger partial charge in [0.2, 0.25) is 0 Å². The molecule has 1 aliphatic heterocycles. The van der Waals surface area contributed by atoms with Crippen molar-refractivity contribution in [2.45, 2.75) is 57.2 Å². The van der Waals surface area contributed by atoms with Crippen molar-refractivity contribution < 1.29 is 59.7 Å². The molecule has 0 aliphatic carbocycles. The number of hydrogen-bond donors (Lipinski definition) is 2. The van der Waals surface area contributed by atoms with E-state index in [2.05, 4.69) is 11.2 Å². The maximum atomic E-state index is 14.0. The molecule has 46 heavy (non-hydrogen) atoms. The lowest BCUT2D eigenvalue weighted by Gasteiger charge is -2.42. The van der Waals surface area contributed by atoms with E-state index < -0.39 is 71.1 Å². The summed E-state index contributed by atoms with van der Waals surface area (Å²) in [6, 6.07) is 0.968. The van der Waals surface area contributed by atoms with Gasteiger partial charge in [-0.05, 0) is 59.9 Å². The highest BCUT2D eigenvalue weighted by Crippen LogP contribution is 2.40. The Morgan fingerprint density at radius 2 is 1.72 bits per heavy atom. The van der Waals surface area contributed by atoms with Gasteiger partial charge in [0.15, 0.2) is 0 Å². The number of nitrogens with one attached hydrogen (secondary N) is 1. The number of aliphatic hydroxyl groups is 1. The molecular formula is C30H30F7N3O6. The van der Waals surface area contributed by atoms with Gasteiger partial charge in [0.25, 0.3) is 0 Å². The number of esters is 1. The van der Waals surface area contributed by atoms with Crippen LogP contribution in [0.3, 0.4) is 0 Å². The van der Waals surface area contributed by atoms with E-state index >= 15 is 0 Å². The van der Waals surface area contributed by atoms with Crippen LogP contribution in [0, 0.1) is 24.8 Å². The number of likely N-dealkylation sites (tertiary alicyclic amines) is 1. The SMILES string of the molecule is CC(=O)OCCNC(=O)O[C@H]1CCN(C(=O)N(C)C(C#CO)c2cc(C(F)(F)F)cc(C(F)(F)F)c2)[C@@H](c2ccc(F)cc2C)C1. The molecule has 0 saturated carbocycles. The topological polar surface area (TPSA) is 108 Å². The Labute approximate surface area is 259 Å². The number of alkyl carbamates (subject to hydrolysis) is 1. The number of urea groups is 1. The van der Waals surface area contributed by atoms with Crippen LogP contribution >= 0.6 is 0 Å². The number of aryl methyl sites for hydroxylation is 1. The molecule has 250 valence electrons. The zero-order valence-corrected chi connectivity index (χ0v) is 24.8. The van der Waals surface area contributed by atoms with Crippen molar-refractivity contribution in [3.63, 3.8) is 0 Å². The highest BCUT2D eigenvalue weighted by molar-refractivity contribution is 5.76. The number of amides is 3. The summed E-state index contributed by atoms with van der Waals surface area (Å²) in [6.45, 7) is 2.51. The molecule has 16 heteroatoms. The van der Waals surface area contributed by atoms with E-state index in [0.29, 0.717) is 23.3 Å². The summed E-state index contributed by atoms with van der Waals surface area (Å²) in [5, 5.41) is 11.8. The monoisotopic (exact) mass is 661 g/mol.